The number of hydrogen-bond acceptors (Lipinski definition) is 4. The topological polar surface area (TPSA) is 79.8 Å². The number of amides is 2. The van der Waals surface area contributed by atoms with E-state index in [0.29, 0.717) is 22.9 Å². The summed E-state index contributed by atoms with van der Waals surface area (Å²) in [6, 6.07) is 21.5. The minimum Gasteiger partial charge on any atom is -0.488 e. The Labute approximate surface area is 183 Å². The molecule has 0 aromatic heterocycles. The number of carbonyl (C=O) groups is 2. The van der Waals surface area contributed by atoms with Crippen LogP contribution < -0.4 is 15.5 Å². The quantitative estimate of drug-likeness (QED) is 0.331. The van der Waals surface area contributed by atoms with Gasteiger partial charge in [-0.25, -0.2) is 5.43 Å². The fraction of sp³-hybridized carbons (Fsp3) is 0.0455. The fourth-order valence-corrected chi connectivity index (χ4v) is 2.77. The van der Waals surface area contributed by atoms with Crippen molar-refractivity contribution in [1.82, 2.24) is 5.43 Å². The monoisotopic (exact) mass is 441 g/mol. The zero-order chi connectivity index (χ0) is 21.3. The van der Waals surface area contributed by atoms with E-state index in [2.05, 4.69) is 15.8 Å². The summed E-state index contributed by atoms with van der Waals surface area (Å²) in [5.74, 6) is -1.29. The Bertz CT molecular complexity index is 1070. The van der Waals surface area contributed by atoms with Gasteiger partial charge in [0.25, 0.3) is 0 Å². The van der Waals surface area contributed by atoms with Crippen LogP contribution in [-0.2, 0) is 16.2 Å². The third-order valence-electron chi connectivity index (χ3n) is 3.91. The van der Waals surface area contributed by atoms with Crippen molar-refractivity contribution in [2.45, 2.75) is 6.61 Å². The number of nitrogens with one attached hydrogen (secondary N) is 2. The van der Waals surface area contributed by atoms with E-state index in [1.54, 1.807) is 18.2 Å². The second-order valence-electron chi connectivity index (χ2n) is 6.09. The number of para-hydroxylation sites is 1. The molecule has 3 aromatic carbocycles. The number of halogens is 2. The van der Waals surface area contributed by atoms with Gasteiger partial charge in [-0.05, 0) is 35.9 Å². The van der Waals surface area contributed by atoms with Gasteiger partial charge in [0.1, 0.15) is 12.4 Å². The lowest BCUT2D eigenvalue weighted by Gasteiger charge is -2.09. The summed E-state index contributed by atoms with van der Waals surface area (Å²) in [5, 5.41) is 6.85. The zero-order valence-electron chi connectivity index (χ0n) is 15.6. The molecular weight excluding hydrogens is 425 g/mol. The van der Waals surface area contributed by atoms with Gasteiger partial charge in [0.15, 0.2) is 0 Å². The number of benzene rings is 3. The van der Waals surface area contributed by atoms with Crippen molar-refractivity contribution in [2.75, 3.05) is 5.32 Å². The van der Waals surface area contributed by atoms with Crippen molar-refractivity contribution < 1.29 is 14.3 Å². The highest BCUT2D eigenvalue weighted by Gasteiger charge is 2.15. The average Bonchev–Trinajstić information content (AvgIpc) is 2.76. The summed E-state index contributed by atoms with van der Waals surface area (Å²) in [6.45, 7) is 0.390. The van der Waals surface area contributed by atoms with Gasteiger partial charge in [-0.15, -0.1) is 0 Å². The molecule has 0 atom stereocenters. The van der Waals surface area contributed by atoms with Gasteiger partial charge in [0.05, 0.1) is 16.9 Å². The minimum atomic E-state index is -0.954. The summed E-state index contributed by atoms with van der Waals surface area (Å²) in [5.41, 5.74) is 4.07. The van der Waals surface area contributed by atoms with Crippen LogP contribution in [-0.4, -0.2) is 18.0 Å². The summed E-state index contributed by atoms with van der Waals surface area (Å²) in [6.07, 6.45) is 1.40. The Hall–Kier alpha value is -3.35. The first kappa shape index (κ1) is 21.4. The Morgan fingerprint density at radius 1 is 0.933 bits per heavy atom. The van der Waals surface area contributed by atoms with Gasteiger partial charge in [-0.3, -0.25) is 9.59 Å². The molecule has 8 heteroatoms. The normalized spacial score (nSPS) is 10.6. The van der Waals surface area contributed by atoms with Crippen LogP contribution in [0.15, 0.2) is 77.9 Å². The molecule has 0 aliphatic heterocycles. The number of ether oxygens (including phenoxy) is 1. The van der Waals surface area contributed by atoms with Gasteiger partial charge >= 0.3 is 11.8 Å². The lowest BCUT2D eigenvalue weighted by molar-refractivity contribution is -0.136. The van der Waals surface area contributed by atoms with Gasteiger partial charge in [0.2, 0.25) is 0 Å². The van der Waals surface area contributed by atoms with Crippen LogP contribution >= 0.6 is 23.2 Å². The predicted molar refractivity (Wildman–Crippen MR) is 118 cm³/mol. The van der Waals surface area contributed by atoms with Crippen molar-refractivity contribution in [2.24, 2.45) is 5.10 Å². The minimum absolute atomic E-state index is 0.230. The van der Waals surface area contributed by atoms with Crippen molar-refractivity contribution in [3.63, 3.8) is 0 Å². The number of hydrazone groups is 1. The molecule has 3 aromatic rings. The van der Waals surface area contributed by atoms with Crippen molar-refractivity contribution in [3.8, 4) is 5.75 Å². The van der Waals surface area contributed by atoms with E-state index in [0.717, 1.165) is 5.56 Å². The SMILES string of the molecule is O=C(N/N=C/c1ccccc1OCc1ccccc1)C(=O)Nc1cc(Cl)ccc1Cl. The summed E-state index contributed by atoms with van der Waals surface area (Å²) >= 11 is 11.8. The number of anilines is 1. The van der Waals surface area contributed by atoms with Gasteiger partial charge in [-0.2, -0.15) is 5.10 Å². The first-order valence-electron chi connectivity index (χ1n) is 8.88. The molecule has 0 fully saturated rings. The number of rotatable bonds is 6. The molecule has 30 heavy (non-hydrogen) atoms. The maximum absolute atomic E-state index is 12.0. The molecule has 0 saturated carbocycles. The zero-order valence-corrected chi connectivity index (χ0v) is 17.2. The standard InChI is InChI=1S/C22H17Cl2N3O3/c23-17-10-11-18(24)19(12-17)26-21(28)22(29)27-25-13-16-8-4-5-9-20(16)30-14-15-6-2-1-3-7-15/h1-13H,14H2,(H,26,28)(H,27,29)/b25-13+. The van der Waals surface area contributed by atoms with Gasteiger partial charge < -0.3 is 10.1 Å². The van der Waals surface area contributed by atoms with Crippen molar-refractivity contribution >= 4 is 46.9 Å². The van der Waals surface area contributed by atoms with E-state index in [4.69, 9.17) is 27.9 Å². The molecule has 2 amide bonds. The second kappa shape index (κ2) is 10.4. The van der Waals surface area contributed by atoms with E-state index >= 15 is 0 Å². The number of carbonyl (C=O) groups excluding carboxylic acids is 2. The first-order chi connectivity index (χ1) is 14.5. The third kappa shape index (κ3) is 6.07. The highest BCUT2D eigenvalue weighted by molar-refractivity contribution is 6.42. The Balaban J connectivity index is 1.58. The maximum Gasteiger partial charge on any atom is 0.329 e. The Morgan fingerprint density at radius 2 is 1.67 bits per heavy atom. The molecule has 0 aliphatic rings. The Morgan fingerprint density at radius 3 is 2.47 bits per heavy atom. The van der Waals surface area contributed by atoms with Crippen molar-refractivity contribution in [1.29, 1.82) is 0 Å². The van der Waals surface area contributed by atoms with E-state index in [-0.39, 0.29) is 10.7 Å². The largest absolute Gasteiger partial charge is 0.488 e. The summed E-state index contributed by atoms with van der Waals surface area (Å²) in [7, 11) is 0. The van der Waals surface area contributed by atoms with Crippen LogP contribution in [0.2, 0.25) is 10.0 Å². The molecule has 0 heterocycles. The molecule has 152 valence electrons. The van der Waals surface area contributed by atoms with Crippen LogP contribution in [0, 0.1) is 0 Å². The van der Waals surface area contributed by atoms with Crippen LogP contribution in [0.5, 0.6) is 5.75 Å². The lowest BCUT2D eigenvalue weighted by atomic mass is 10.2. The molecule has 6 nitrogen and oxygen atoms in total. The average molecular weight is 442 g/mol. The third-order valence-corrected chi connectivity index (χ3v) is 4.47. The molecule has 0 unspecified atom stereocenters. The van der Waals surface area contributed by atoms with E-state index in [1.165, 1.54) is 18.3 Å². The predicted octanol–water partition coefficient (Wildman–Crippen LogP) is 4.66. The Kier molecular flexibility index (Phi) is 7.43. The lowest BCUT2D eigenvalue weighted by Crippen LogP contribution is -2.32. The molecule has 0 saturated heterocycles. The van der Waals surface area contributed by atoms with Gasteiger partial charge in [-0.1, -0.05) is 65.7 Å². The van der Waals surface area contributed by atoms with Crippen LogP contribution in [0.4, 0.5) is 5.69 Å². The molecule has 0 bridgehead atoms. The first-order valence-corrected chi connectivity index (χ1v) is 9.64. The number of nitrogens with zero attached hydrogens (tertiary/aromatic N) is 1. The molecule has 0 aliphatic carbocycles. The van der Waals surface area contributed by atoms with Crippen molar-refractivity contribution in [3.05, 3.63) is 94.0 Å². The van der Waals surface area contributed by atoms with Crippen LogP contribution in [0.3, 0.4) is 0 Å². The summed E-state index contributed by atoms with van der Waals surface area (Å²) in [4.78, 5) is 24.0. The number of hydrogen-bond donors (Lipinski definition) is 2. The van der Waals surface area contributed by atoms with Crippen LogP contribution in [0.25, 0.3) is 0 Å². The van der Waals surface area contributed by atoms with E-state index in [9.17, 15) is 9.59 Å². The van der Waals surface area contributed by atoms with Gasteiger partial charge in [0, 0.05) is 10.6 Å². The fourth-order valence-electron chi connectivity index (χ4n) is 2.44. The maximum atomic E-state index is 12.0. The molecule has 0 spiro atoms. The molecular formula is C22H17Cl2N3O3. The molecule has 2 N–H and O–H groups in total. The highest BCUT2D eigenvalue weighted by atomic mass is 35.5. The summed E-state index contributed by atoms with van der Waals surface area (Å²) < 4.78 is 5.82. The molecule has 3 rings (SSSR count). The smallest absolute Gasteiger partial charge is 0.329 e. The highest BCUT2D eigenvalue weighted by Crippen LogP contribution is 2.25. The van der Waals surface area contributed by atoms with E-state index < -0.39 is 11.8 Å². The second-order valence-corrected chi connectivity index (χ2v) is 6.93. The molecule has 0 radical (unpaired) electrons. The van der Waals surface area contributed by atoms with Crippen LogP contribution in [0.1, 0.15) is 11.1 Å². The van der Waals surface area contributed by atoms with E-state index in [1.807, 2.05) is 42.5 Å².